The number of esters is 1. The molecular weight excluding hydrogens is 494 g/mol. The summed E-state index contributed by atoms with van der Waals surface area (Å²) in [5, 5.41) is 30.6. The Morgan fingerprint density at radius 3 is 2.66 bits per heavy atom. The SMILES string of the molecule is CCOC(=O)c1sc(CC(=O)C(C#N)=Cc2ccc(-c3ccc(Cl)cc3[N+](=O)[O-])o2)c(C#N)c1C. The zero-order valence-corrected chi connectivity index (χ0v) is 20.0. The van der Waals surface area contributed by atoms with Gasteiger partial charge in [0, 0.05) is 28.5 Å². The third kappa shape index (κ3) is 5.46. The van der Waals surface area contributed by atoms with E-state index in [9.17, 15) is 30.2 Å². The van der Waals surface area contributed by atoms with Crippen LogP contribution in [0.4, 0.5) is 5.69 Å². The Bertz CT molecular complexity index is 1450. The fourth-order valence-corrected chi connectivity index (χ4v) is 4.55. The number of benzene rings is 1. The summed E-state index contributed by atoms with van der Waals surface area (Å²) < 4.78 is 10.6. The van der Waals surface area contributed by atoms with E-state index in [2.05, 4.69) is 0 Å². The molecule has 9 nitrogen and oxygen atoms in total. The van der Waals surface area contributed by atoms with Gasteiger partial charge in [0.15, 0.2) is 5.78 Å². The van der Waals surface area contributed by atoms with Crippen molar-refractivity contribution in [2.24, 2.45) is 0 Å². The van der Waals surface area contributed by atoms with E-state index < -0.39 is 16.7 Å². The number of furan rings is 1. The number of allylic oxidation sites excluding steroid dienone is 1. The van der Waals surface area contributed by atoms with E-state index in [1.807, 2.05) is 12.1 Å². The highest BCUT2D eigenvalue weighted by Gasteiger charge is 2.24. The second-order valence-corrected chi connectivity index (χ2v) is 8.62. The Kier molecular flexibility index (Phi) is 7.82. The minimum atomic E-state index is -0.593. The molecule has 0 N–H and O–H groups in total. The van der Waals surface area contributed by atoms with Crippen molar-refractivity contribution in [3.63, 3.8) is 0 Å². The lowest BCUT2D eigenvalue weighted by Gasteiger charge is -2.00. The van der Waals surface area contributed by atoms with Crippen molar-refractivity contribution < 1.29 is 23.7 Å². The van der Waals surface area contributed by atoms with Gasteiger partial charge in [-0.1, -0.05) is 11.6 Å². The number of thiophene rings is 1. The summed E-state index contributed by atoms with van der Waals surface area (Å²) in [7, 11) is 0. The number of carbonyl (C=O) groups excluding carboxylic acids is 2. The molecule has 0 aliphatic heterocycles. The summed E-state index contributed by atoms with van der Waals surface area (Å²) in [4.78, 5) is 36.3. The topological polar surface area (TPSA) is 147 Å². The van der Waals surface area contributed by atoms with Crippen molar-refractivity contribution in [2.75, 3.05) is 6.61 Å². The Balaban J connectivity index is 1.90. The summed E-state index contributed by atoms with van der Waals surface area (Å²) in [5.41, 5.74) is 0.293. The summed E-state index contributed by atoms with van der Waals surface area (Å²) in [5.74, 6) is -0.884. The molecule has 11 heteroatoms. The van der Waals surface area contributed by atoms with Crippen LogP contribution in [-0.4, -0.2) is 23.3 Å². The highest BCUT2D eigenvalue weighted by Crippen LogP contribution is 2.34. The number of hydrogen-bond donors (Lipinski definition) is 0. The van der Waals surface area contributed by atoms with Crippen molar-refractivity contribution in [2.45, 2.75) is 20.3 Å². The lowest BCUT2D eigenvalue weighted by Crippen LogP contribution is -2.05. The van der Waals surface area contributed by atoms with E-state index in [1.165, 1.54) is 36.4 Å². The standard InChI is InChI=1S/C24H16ClN3O6S/c1-3-33-24(30)23-13(2)18(12-27)22(35-23)10-20(29)14(11-26)8-16-5-7-21(34-16)17-6-4-15(25)9-19(17)28(31)32/h4-9H,3,10H2,1-2H3. The third-order valence-electron chi connectivity index (χ3n) is 4.87. The van der Waals surface area contributed by atoms with Crippen LogP contribution in [-0.2, 0) is 16.0 Å². The lowest BCUT2D eigenvalue weighted by atomic mass is 10.0. The van der Waals surface area contributed by atoms with E-state index in [0.717, 1.165) is 11.3 Å². The maximum atomic E-state index is 12.8. The molecule has 0 aliphatic carbocycles. The third-order valence-corrected chi connectivity index (χ3v) is 6.38. The highest BCUT2D eigenvalue weighted by atomic mass is 35.5. The first-order valence-corrected chi connectivity index (χ1v) is 11.3. The van der Waals surface area contributed by atoms with Gasteiger partial charge < -0.3 is 9.15 Å². The first kappa shape index (κ1) is 25.4. The number of Topliss-reactive ketones (excluding diaryl/α,β-unsaturated/α-hetero) is 1. The van der Waals surface area contributed by atoms with E-state index >= 15 is 0 Å². The first-order chi connectivity index (χ1) is 16.7. The maximum absolute atomic E-state index is 12.8. The molecule has 2 aromatic heterocycles. The zero-order valence-electron chi connectivity index (χ0n) is 18.5. The minimum Gasteiger partial charge on any atom is -0.462 e. The van der Waals surface area contributed by atoms with E-state index in [-0.39, 0.29) is 56.8 Å². The van der Waals surface area contributed by atoms with E-state index in [1.54, 1.807) is 13.8 Å². The van der Waals surface area contributed by atoms with Crippen LogP contribution in [0.5, 0.6) is 0 Å². The largest absolute Gasteiger partial charge is 0.462 e. The van der Waals surface area contributed by atoms with Gasteiger partial charge in [-0.2, -0.15) is 10.5 Å². The van der Waals surface area contributed by atoms with Crippen LogP contribution in [0, 0.1) is 39.7 Å². The molecule has 35 heavy (non-hydrogen) atoms. The van der Waals surface area contributed by atoms with Gasteiger partial charge in [0.05, 0.1) is 28.2 Å². The Morgan fingerprint density at radius 1 is 1.29 bits per heavy atom. The fourth-order valence-electron chi connectivity index (χ4n) is 3.23. The number of carbonyl (C=O) groups is 2. The molecule has 1 aromatic carbocycles. The number of halogens is 1. The molecule has 0 aliphatic rings. The normalized spacial score (nSPS) is 10.9. The zero-order chi connectivity index (χ0) is 25.7. The number of hydrogen-bond acceptors (Lipinski definition) is 9. The van der Waals surface area contributed by atoms with E-state index in [0.29, 0.717) is 10.4 Å². The summed E-state index contributed by atoms with van der Waals surface area (Å²) in [6, 6.07) is 10.9. The van der Waals surface area contributed by atoms with Gasteiger partial charge in [-0.05, 0) is 43.7 Å². The number of ketones is 1. The highest BCUT2D eigenvalue weighted by molar-refractivity contribution is 7.14. The van der Waals surface area contributed by atoms with Gasteiger partial charge >= 0.3 is 5.97 Å². The molecule has 0 radical (unpaired) electrons. The second kappa shape index (κ2) is 10.8. The minimum absolute atomic E-state index is 0.129. The van der Waals surface area contributed by atoms with Gasteiger partial charge in [0.2, 0.25) is 0 Å². The smallest absolute Gasteiger partial charge is 0.348 e. The summed E-state index contributed by atoms with van der Waals surface area (Å²) in [6.45, 7) is 3.42. The number of nitro groups is 1. The molecule has 0 amide bonds. The fraction of sp³-hybridized carbons (Fsp3) is 0.167. The molecule has 0 saturated heterocycles. The van der Waals surface area contributed by atoms with Crippen molar-refractivity contribution in [3.05, 3.63) is 77.7 Å². The Hall–Kier alpha value is -4.25. The molecular formula is C24H16ClN3O6S. The number of ether oxygens (including phenoxy) is 1. The molecule has 3 rings (SSSR count). The molecule has 0 fully saturated rings. The van der Waals surface area contributed by atoms with Crippen LogP contribution in [0.3, 0.4) is 0 Å². The number of nitro benzene ring substituents is 1. The first-order valence-electron chi connectivity index (χ1n) is 10.1. The van der Waals surface area contributed by atoms with Crippen LogP contribution in [0.25, 0.3) is 17.4 Å². The van der Waals surface area contributed by atoms with Crippen molar-refractivity contribution in [1.82, 2.24) is 0 Å². The van der Waals surface area contributed by atoms with Gasteiger partial charge in [0.25, 0.3) is 5.69 Å². The quantitative estimate of drug-likeness (QED) is 0.124. The van der Waals surface area contributed by atoms with Crippen LogP contribution >= 0.6 is 22.9 Å². The average Bonchev–Trinajstić information content (AvgIpc) is 3.41. The van der Waals surface area contributed by atoms with Crippen LogP contribution in [0.1, 0.15) is 38.4 Å². The van der Waals surface area contributed by atoms with Crippen LogP contribution in [0.15, 0.2) is 40.3 Å². The maximum Gasteiger partial charge on any atom is 0.348 e. The van der Waals surface area contributed by atoms with Gasteiger partial charge in [-0.3, -0.25) is 14.9 Å². The Labute approximate surface area is 208 Å². The number of rotatable bonds is 8. The molecule has 0 saturated carbocycles. The van der Waals surface area contributed by atoms with Crippen LogP contribution < -0.4 is 0 Å². The molecule has 2 heterocycles. The molecule has 0 spiro atoms. The number of nitrogens with zero attached hydrogens (tertiary/aromatic N) is 3. The lowest BCUT2D eigenvalue weighted by molar-refractivity contribution is -0.384. The summed E-state index contributed by atoms with van der Waals surface area (Å²) >= 11 is 6.82. The second-order valence-electron chi connectivity index (χ2n) is 7.08. The predicted octanol–water partition coefficient (Wildman–Crippen LogP) is 5.65. The predicted molar refractivity (Wildman–Crippen MR) is 128 cm³/mol. The summed E-state index contributed by atoms with van der Waals surface area (Å²) in [6.07, 6.45) is 0.940. The van der Waals surface area contributed by atoms with Crippen molar-refractivity contribution in [3.8, 4) is 23.5 Å². The Morgan fingerprint density at radius 2 is 2.03 bits per heavy atom. The van der Waals surface area contributed by atoms with Gasteiger partial charge in [-0.15, -0.1) is 11.3 Å². The van der Waals surface area contributed by atoms with Gasteiger partial charge in [0.1, 0.15) is 28.5 Å². The van der Waals surface area contributed by atoms with Crippen molar-refractivity contribution >= 4 is 46.5 Å². The number of nitriles is 2. The monoisotopic (exact) mass is 509 g/mol. The van der Waals surface area contributed by atoms with Gasteiger partial charge in [-0.25, -0.2) is 4.79 Å². The molecule has 3 aromatic rings. The molecule has 0 atom stereocenters. The average molecular weight is 510 g/mol. The van der Waals surface area contributed by atoms with Crippen LogP contribution in [0.2, 0.25) is 5.02 Å². The van der Waals surface area contributed by atoms with E-state index in [4.69, 9.17) is 20.8 Å². The molecule has 0 unspecified atom stereocenters. The molecule has 176 valence electrons. The molecule has 0 bridgehead atoms. The van der Waals surface area contributed by atoms with Crippen molar-refractivity contribution in [1.29, 1.82) is 10.5 Å².